The minimum absolute atomic E-state index is 0.623. The Kier molecular flexibility index (Phi) is 4.80. The fourth-order valence-electron chi connectivity index (χ4n) is 0.231. The third-order valence-corrected chi connectivity index (χ3v) is 1.24. The Bertz CT molecular complexity index is 134. The molecule has 0 fully saturated rings. The summed E-state index contributed by atoms with van der Waals surface area (Å²) in [6.45, 7) is 0. The Hall–Kier alpha value is -0.670. The van der Waals surface area contributed by atoms with Gasteiger partial charge < -0.3 is 4.74 Å². The predicted octanol–water partition coefficient (Wildman–Crippen LogP) is 1.13. The van der Waals surface area contributed by atoms with Gasteiger partial charge in [-0.2, -0.15) is 4.89 Å². The summed E-state index contributed by atoms with van der Waals surface area (Å²) in [5.74, 6) is 0. The normalized spacial score (nSPS) is 9.80. The molecule has 0 radical (unpaired) electrons. The first-order valence-corrected chi connectivity index (χ1v) is 3.30. The second-order valence-corrected chi connectivity index (χ2v) is 2.22. The van der Waals surface area contributed by atoms with Crippen LogP contribution in [-0.4, -0.2) is 25.6 Å². The molecule has 6 heteroatoms. The molecule has 0 aliphatic heterocycles. The van der Waals surface area contributed by atoms with Crippen molar-refractivity contribution in [3.63, 3.8) is 0 Å². The maximum atomic E-state index is 10.4. The summed E-state index contributed by atoms with van der Waals surface area (Å²) < 4.78 is 4.18. The van der Waals surface area contributed by atoms with Crippen LogP contribution in [0.5, 0.6) is 0 Å². The quantitative estimate of drug-likeness (QED) is 0.357. The Morgan fingerprint density at radius 2 is 1.80 bits per heavy atom. The van der Waals surface area contributed by atoms with Crippen molar-refractivity contribution in [1.29, 1.82) is 0 Å². The van der Waals surface area contributed by atoms with Crippen LogP contribution in [0.3, 0.4) is 0 Å². The molecular formula is C4H7O5P. The first kappa shape index (κ1) is 9.33. The summed E-state index contributed by atoms with van der Waals surface area (Å²) in [4.78, 5) is 28.7. The largest absolute Gasteiger partial charge is 0.466 e. The molecule has 0 aromatic heterocycles. The molecule has 5 nitrogen and oxygen atoms in total. The topological polar surface area (TPSA) is 61.8 Å². The molecule has 58 valence electrons. The highest BCUT2D eigenvalue weighted by Gasteiger charge is 2.10. The zero-order valence-corrected chi connectivity index (χ0v) is 6.54. The Labute approximate surface area is 59.3 Å². The van der Waals surface area contributed by atoms with Crippen LogP contribution in [0.4, 0.5) is 9.59 Å². The van der Waals surface area contributed by atoms with Gasteiger partial charge in [0.05, 0.1) is 14.2 Å². The van der Waals surface area contributed by atoms with Gasteiger partial charge in [-0.1, -0.05) is 0 Å². The molecule has 0 heterocycles. The van der Waals surface area contributed by atoms with Crippen molar-refractivity contribution in [2.45, 2.75) is 0 Å². The second-order valence-electron chi connectivity index (χ2n) is 1.15. The highest BCUT2D eigenvalue weighted by molar-refractivity contribution is 7.72. The third kappa shape index (κ3) is 4.23. The zero-order chi connectivity index (χ0) is 7.98. The third-order valence-electron chi connectivity index (χ3n) is 0.549. The molecule has 0 N–H and O–H groups in total. The van der Waals surface area contributed by atoms with Gasteiger partial charge in [-0.05, 0) is 0 Å². The van der Waals surface area contributed by atoms with E-state index < -0.39 is 20.0 Å². The molecule has 1 unspecified atom stereocenters. The number of hydrogen-bond donors (Lipinski definition) is 0. The van der Waals surface area contributed by atoms with E-state index in [0.29, 0.717) is 0 Å². The lowest BCUT2D eigenvalue weighted by atomic mass is 11.5. The average molecular weight is 166 g/mol. The van der Waals surface area contributed by atoms with E-state index in [4.69, 9.17) is 0 Å². The lowest BCUT2D eigenvalue weighted by molar-refractivity contribution is -0.203. The SMILES string of the molecule is COOC(=O)PC(=O)OC. The van der Waals surface area contributed by atoms with Crippen LogP contribution in [0, 0.1) is 0 Å². The van der Waals surface area contributed by atoms with E-state index >= 15 is 0 Å². The van der Waals surface area contributed by atoms with Crippen LogP contribution >= 0.6 is 8.58 Å². The molecule has 0 bridgehead atoms. The smallest absolute Gasteiger partial charge is 0.369 e. The monoisotopic (exact) mass is 166 g/mol. The van der Waals surface area contributed by atoms with E-state index in [-0.39, 0.29) is 0 Å². The van der Waals surface area contributed by atoms with Gasteiger partial charge in [0.2, 0.25) is 0 Å². The fourth-order valence-corrected chi connectivity index (χ4v) is 0.625. The minimum Gasteiger partial charge on any atom is -0.466 e. The number of carbonyl (C=O) groups is 2. The summed E-state index contributed by atoms with van der Waals surface area (Å²) in [5.41, 5.74) is -1.36. The summed E-state index contributed by atoms with van der Waals surface area (Å²) in [6.07, 6.45) is 0. The lowest BCUT2D eigenvalue weighted by Gasteiger charge is -1.96. The minimum atomic E-state index is -0.741. The van der Waals surface area contributed by atoms with E-state index in [9.17, 15) is 9.59 Å². The van der Waals surface area contributed by atoms with Crippen molar-refractivity contribution >= 4 is 20.0 Å². The van der Waals surface area contributed by atoms with Gasteiger partial charge in [-0.25, -0.2) is 9.59 Å². The van der Waals surface area contributed by atoms with E-state index in [1.54, 1.807) is 0 Å². The van der Waals surface area contributed by atoms with Gasteiger partial charge in [0, 0.05) is 0 Å². The van der Waals surface area contributed by atoms with Crippen molar-refractivity contribution in [3.05, 3.63) is 0 Å². The number of carbonyl (C=O) groups excluding carboxylic acids is 2. The van der Waals surface area contributed by atoms with Crippen molar-refractivity contribution in [2.75, 3.05) is 14.2 Å². The van der Waals surface area contributed by atoms with Gasteiger partial charge in [0.1, 0.15) is 8.58 Å². The van der Waals surface area contributed by atoms with Crippen LogP contribution in [0.1, 0.15) is 0 Å². The van der Waals surface area contributed by atoms with Crippen LogP contribution in [0.25, 0.3) is 0 Å². The van der Waals surface area contributed by atoms with E-state index in [1.165, 1.54) is 14.2 Å². The van der Waals surface area contributed by atoms with E-state index in [2.05, 4.69) is 14.5 Å². The summed E-state index contributed by atoms with van der Waals surface area (Å²) >= 11 is 0. The summed E-state index contributed by atoms with van der Waals surface area (Å²) in [7, 11) is 1.71. The molecule has 10 heavy (non-hydrogen) atoms. The van der Waals surface area contributed by atoms with Gasteiger partial charge in [0.15, 0.2) is 0 Å². The van der Waals surface area contributed by atoms with Crippen molar-refractivity contribution < 1.29 is 24.1 Å². The molecular weight excluding hydrogens is 159 g/mol. The molecule has 0 aromatic rings. The van der Waals surface area contributed by atoms with Gasteiger partial charge >= 0.3 is 11.4 Å². The van der Waals surface area contributed by atoms with Crippen molar-refractivity contribution in [3.8, 4) is 0 Å². The van der Waals surface area contributed by atoms with Gasteiger partial charge in [-0.15, -0.1) is 0 Å². The summed E-state index contributed by atoms with van der Waals surface area (Å²) in [5, 5.41) is 0. The fraction of sp³-hybridized carbons (Fsp3) is 0.500. The Morgan fingerprint density at radius 1 is 1.20 bits per heavy atom. The lowest BCUT2D eigenvalue weighted by Crippen LogP contribution is -1.98. The number of methoxy groups -OCH3 is 1. The standard InChI is InChI=1S/C4H7O5P/c1-7-3(5)10-4(6)9-8-2/h10H,1-2H3. The first-order chi connectivity index (χ1) is 4.70. The molecule has 0 saturated carbocycles. The Morgan fingerprint density at radius 3 is 2.20 bits per heavy atom. The molecule has 0 rings (SSSR count). The molecule has 0 saturated heterocycles. The number of hydrogen-bond acceptors (Lipinski definition) is 5. The van der Waals surface area contributed by atoms with Crippen LogP contribution in [0.2, 0.25) is 0 Å². The zero-order valence-electron chi connectivity index (χ0n) is 5.54. The average Bonchev–Trinajstić information content (AvgIpc) is 1.88. The van der Waals surface area contributed by atoms with Crippen molar-refractivity contribution in [1.82, 2.24) is 0 Å². The Balaban J connectivity index is 3.47. The molecule has 0 aliphatic rings. The number of rotatable bonds is 3. The van der Waals surface area contributed by atoms with E-state index in [1.807, 2.05) is 0 Å². The highest BCUT2D eigenvalue weighted by atomic mass is 31.1. The molecule has 0 aromatic carbocycles. The maximum Gasteiger partial charge on any atom is 0.369 e. The van der Waals surface area contributed by atoms with Crippen LogP contribution in [0.15, 0.2) is 0 Å². The summed E-state index contributed by atoms with van der Waals surface area (Å²) in [6, 6.07) is 0. The van der Waals surface area contributed by atoms with Crippen LogP contribution in [-0.2, 0) is 14.5 Å². The predicted molar refractivity (Wildman–Crippen MR) is 34.2 cm³/mol. The second kappa shape index (κ2) is 5.14. The maximum absolute atomic E-state index is 10.4. The first-order valence-electron chi connectivity index (χ1n) is 2.30. The van der Waals surface area contributed by atoms with Gasteiger partial charge in [0.25, 0.3) is 0 Å². The van der Waals surface area contributed by atoms with Crippen LogP contribution < -0.4 is 0 Å². The van der Waals surface area contributed by atoms with Crippen molar-refractivity contribution in [2.24, 2.45) is 0 Å². The number of ether oxygens (including phenoxy) is 1. The van der Waals surface area contributed by atoms with Gasteiger partial charge in [-0.3, -0.25) is 4.89 Å². The molecule has 1 atom stereocenters. The molecule has 0 aliphatic carbocycles. The molecule has 0 amide bonds. The molecule has 0 spiro atoms. The van der Waals surface area contributed by atoms with E-state index in [0.717, 1.165) is 0 Å². The highest BCUT2D eigenvalue weighted by Crippen LogP contribution is 2.16.